The maximum atomic E-state index is 11.1. The van der Waals surface area contributed by atoms with Gasteiger partial charge in [0.1, 0.15) is 0 Å². The molecule has 2 N–H and O–H groups in total. The second-order valence-electron chi connectivity index (χ2n) is 2.60. The van der Waals surface area contributed by atoms with Gasteiger partial charge in [-0.1, -0.05) is 0 Å². The van der Waals surface area contributed by atoms with E-state index in [-0.39, 0.29) is 4.90 Å². The minimum atomic E-state index is -3.63. The van der Waals surface area contributed by atoms with E-state index in [0.29, 0.717) is 4.47 Å². The second-order valence-corrected chi connectivity index (χ2v) is 6.09. The Morgan fingerprint density at radius 2 is 2.00 bits per heavy atom. The van der Waals surface area contributed by atoms with Gasteiger partial charge in [-0.25, -0.2) is 13.6 Å². The smallest absolute Gasteiger partial charge is 0.225 e. The van der Waals surface area contributed by atoms with Crippen LogP contribution in [0.15, 0.2) is 21.5 Å². The van der Waals surface area contributed by atoms with Crippen LogP contribution >= 0.6 is 38.5 Å². The van der Waals surface area contributed by atoms with Crippen molar-refractivity contribution in [1.29, 1.82) is 0 Å². The predicted molar refractivity (Wildman–Crippen MR) is 63.0 cm³/mol. The highest BCUT2D eigenvalue weighted by Gasteiger charge is 2.14. The van der Waals surface area contributed by atoms with Crippen LogP contribution < -0.4 is 5.14 Å². The van der Waals surface area contributed by atoms with Crippen LogP contribution in [0.4, 0.5) is 0 Å². The van der Waals surface area contributed by atoms with Gasteiger partial charge in [0.25, 0.3) is 0 Å². The molecule has 0 radical (unpaired) electrons. The van der Waals surface area contributed by atoms with Gasteiger partial charge in [-0.3, -0.25) is 0 Å². The first-order valence-corrected chi connectivity index (χ1v) is 6.72. The van der Waals surface area contributed by atoms with Gasteiger partial charge < -0.3 is 0 Å². The number of aryl methyl sites for hydroxylation is 1. The van der Waals surface area contributed by atoms with Crippen molar-refractivity contribution in [3.05, 3.63) is 25.7 Å². The molecule has 1 rings (SSSR count). The van der Waals surface area contributed by atoms with E-state index in [1.54, 1.807) is 6.07 Å². The fourth-order valence-electron chi connectivity index (χ4n) is 0.900. The topological polar surface area (TPSA) is 60.2 Å². The lowest BCUT2D eigenvalue weighted by Gasteiger charge is -2.05. The number of hydrogen-bond acceptors (Lipinski definition) is 2. The highest BCUT2D eigenvalue weighted by Crippen LogP contribution is 2.27. The number of nitrogens with two attached hydrogens (primary N) is 1. The number of halogens is 2. The average molecular weight is 376 g/mol. The molecule has 0 amide bonds. The molecule has 0 fully saturated rings. The van der Waals surface area contributed by atoms with E-state index < -0.39 is 10.0 Å². The Labute approximate surface area is 99.0 Å². The van der Waals surface area contributed by atoms with E-state index in [2.05, 4.69) is 15.9 Å². The van der Waals surface area contributed by atoms with Crippen LogP contribution in [0.3, 0.4) is 0 Å². The van der Waals surface area contributed by atoms with Crippen LogP contribution in [-0.2, 0) is 10.0 Å². The lowest BCUT2D eigenvalue weighted by Crippen LogP contribution is -2.13. The Morgan fingerprint density at radius 1 is 1.46 bits per heavy atom. The van der Waals surface area contributed by atoms with E-state index in [0.717, 1.165) is 9.13 Å². The first kappa shape index (κ1) is 11.4. The summed E-state index contributed by atoms with van der Waals surface area (Å²) in [7, 11) is -3.63. The fraction of sp³-hybridized carbons (Fsp3) is 0.143. The van der Waals surface area contributed by atoms with Gasteiger partial charge >= 0.3 is 0 Å². The highest BCUT2D eigenvalue weighted by atomic mass is 127. The molecule has 1 aromatic carbocycles. The van der Waals surface area contributed by atoms with E-state index >= 15 is 0 Å². The fourth-order valence-corrected chi connectivity index (χ4v) is 3.48. The molecule has 0 aliphatic rings. The van der Waals surface area contributed by atoms with E-state index in [1.807, 2.05) is 35.6 Å². The minimum Gasteiger partial charge on any atom is -0.225 e. The van der Waals surface area contributed by atoms with Crippen molar-refractivity contribution < 1.29 is 8.42 Å². The van der Waals surface area contributed by atoms with Gasteiger partial charge in [0, 0.05) is 3.57 Å². The maximum absolute atomic E-state index is 11.1. The Bertz CT molecular complexity index is 444. The van der Waals surface area contributed by atoms with Crippen LogP contribution in [0.25, 0.3) is 0 Å². The standard InChI is InChI=1S/C7H7BrINO2S/c1-4-2-5(9)7(8)6(3-4)13(10,11)12/h2-3H,1H3,(H2,10,11,12). The summed E-state index contributed by atoms with van der Waals surface area (Å²) >= 11 is 5.23. The molecule has 0 spiro atoms. The highest BCUT2D eigenvalue weighted by molar-refractivity contribution is 14.1. The lowest BCUT2D eigenvalue weighted by atomic mass is 10.2. The molecule has 0 aliphatic carbocycles. The third-order valence-electron chi connectivity index (χ3n) is 1.45. The molecule has 0 aliphatic heterocycles. The van der Waals surface area contributed by atoms with Gasteiger partial charge in [0.05, 0.1) is 9.37 Å². The molecule has 0 saturated heterocycles. The quantitative estimate of drug-likeness (QED) is 0.763. The van der Waals surface area contributed by atoms with Crippen LogP contribution in [0.1, 0.15) is 5.56 Å². The Morgan fingerprint density at radius 3 is 2.46 bits per heavy atom. The summed E-state index contributed by atoms with van der Waals surface area (Å²) in [5.74, 6) is 0. The molecule has 6 heteroatoms. The van der Waals surface area contributed by atoms with Crippen LogP contribution in [0.2, 0.25) is 0 Å². The van der Waals surface area contributed by atoms with Gasteiger partial charge in [-0.15, -0.1) is 0 Å². The SMILES string of the molecule is Cc1cc(I)c(Br)c(S(N)(=O)=O)c1. The first-order chi connectivity index (χ1) is 5.82. The minimum absolute atomic E-state index is 0.136. The largest absolute Gasteiger partial charge is 0.239 e. The van der Waals surface area contributed by atoms with Gasteiger partial charge in [-0.05, 0) is 63.1 Å². The third-order valence-corrected chi connectivity index (χ3v) is 5.09. The zero-order chi connectivity index (χ0) is 10.2. The van der Waals surface area contributed by atoms with Crippen molar-refractivity contribution in [2.75, 3.05) is 0 Å². The summed E-state index contributed by atoms with van der Waals surface area (Å²) in [5.41, 5.74) is 0.872. The zero-order valence-corrected chi connectivity index (χ0v) is 11.3. The molecular weight excluding hydrogens is 369 g/mol. The zero-order valence-electron chi connectivity index (χ0n) is 6.71. The lowest BCUT2D eigenvalue weighted by molar-refractivity contribution is 0.597. The molecule has 0 aromatic heterocycles. The molecule has 0 unspecified atom stereocenters. The summed E-state index contributed by atoms with van der Waals surface area (Å²) in [6.45, 7) is 1.82. The molecule has 0 saturated carbocycles. The Hall–Kier alpha value is 0.340. The van der Waals surface area contributed by atoms with Crippen molar-refractivity contribution >= 4 is 48.5 Å². The van der Waals surface area contributed by atoms with Gasteiger partial charge in [-0.2, -0.15) is 0 Å². The van der Waals surface area contributed by atoms with E-state index in [1.165, 1.54) is 0 Å². The number of hydrogen-bond donors (Lipinski definition) is 1. The summed E-state index contributed by atoms with van der Waals surface area (Å²) in [6.07, 6.45) is 0. The van der Waals surface area contributed by atoms with Gasteiger partial charge in [0.2, 0.25) is 10.0 Å². The maximum Gasteiger partial charge on any atom is 0.239 e. The predicted octanol–water partition coefficient (Wildman–Crippen LogP) is 2.01. The molecule has 3 nitrogen and oxygen atoms in total. The molecule has 0 atom stereocenters. The molecule has 0 bridgehead atoms. The Kier molecular flexibility index (Phi) is 3.37. The number of primary sulfonamides is 1. The molecule has 72 valence electrons. The van der Waals surface area contributed by atoms with Crippen LogP contribution in [0, 0.1) is 10.5 Å². The average Bonchev–Trinajstić information content (AvgIpc) is 1.94. The van der Waals surface area contributed by atoms with E-state index in [9.17, 15) is 8.42 Å². The summed E-state index contributed by atoms with van der Waals surface area (Å²) < 4.78 is 23.6. The first-order valence-electron chi connectivity index (χ1n) is 3.31. The van der Waals surface area contributed by atoms with Gasteiger partial charge in [0.15, 0.2) is 0 Å². The summed E-state index contributed by atoms with van der Waals surface area (Å²) in [4.78, 5) is 0.136. The molecule has 13 heavy (non-hydrogen) atoms. The summed E-state index contributed by atoms with van der Waals surface area (Å²) in [5, 5.41) is 5.03. The number of benzene rings is 1. The van der Waals surface area contributed by atoms with Crippen LogP contribution in [0.5, 0.6) is 0 Å². The van der Waals surface area contributed by atoms with Crippen molar-refractivity contribution in [1.82, 2.24) is 0 Å². The summed E-state index contributed by atoms with van der Waals surface area (Å²) in [6, 6.07) is 3.42. The van der Waals surface area contributed by atoms with Crippen LogP contribution in [-0.4, -0.2) is 8.42 Å². The Balaban J connectivity index is 3.56. The van der Waals surface area contributed by atoms with Crippen molar-refractivity contribution in [3.8, 4) is 0 Å². The van der Waals surface area contributed by atoms with Crippen molar-refractivity contribution in [2.24, 2.45) is 5.14 Å². The van der Waals surface area contributed by atoms with E-state index in [4.69, 9.17) is 5.14 Å². The third kappa shape index (κ3) is 2.64. The number of rotatable bonds is 1. The normalized spacial score (nSPS) is 11.7. The van der Waals surface area contributed by atoms with Crippen molar-refractivity contribution in [3.63, 3.8) is 0 Å². The van der Waals surface area contributed by atoms with Crippen molar-refractivity contribution in [2.45, 2.75) is 11.8 Å². The molecule has 0 heterocycles. The number of sulfonamides is 1. The molecule has 1 aromatic rings. The molecular formula is C7H7BrINO2S. The monoisotopic (exact) mass is 375 g/mol. The second kappa shape index (κ2) is 3.84.